The molecule has 1 N–H and O–H groups in total. The van der Waals surface area contributed by atoms with Crippen molar-refractivity contribution in [3.63, 3.8) is 0 Å². The lowest BCUT2D eigenvalue weighted by Gasteiger charge is -2.09. The molecule has 2 aromatic rings. The third-order valence-corrected chi connectivity index (χ3v) is 3.54. The fourth-order valence-electron chi connectivity index (χ4n) is 1.70. The maximum absolute atomic E-state index is 5.91. The number of hydrogen-bond donors (Lipinski definition) is 1. The van der Waals surface area contributed by atoms with Crippen molar-refractivity contribution in [2.45, 2.75) is 13.5 Å². The summed E-state index contributed by atoms with van der Waals surface area (Å²) in [6.07, 6.45) is 0. The molecule has 0 aliphatic carbocycles. The van der Waals surface area contributed by atoms with Crippen LogP contribution in [0.5, 0.6) is 5.75 Å². The van der Waals surface area contributed by atoms with Gasteiger partial charge in [-0.2, -0.15) is 0 Å². The first kappa shape index (κ1) is 14.2. The Morgan fingerprint density at radius 3 is 2.53 bits per heavy atom. The first-order valence-electron chi connectivity index (χ1n) is 6.09. The standard InChI is InChI=1S/C15H15BrClNO/c1-2-19-13-6-3-11(4-7-13)10-18-15-8-5-12(17)9-14(15)16/h3-9,18H,2,10H2,1H3. The largest absolute Gasteiger partial charge is 0.494 e. The van der Waals surface area contributed by atoms with Gasteiger partial charge in [-0.15, -0.1) is 0 Å². The molecule has 0 bridgehead atoms. The van der Waals surface area contributed by atoms with Crippen LogP contribution in [-0.2, 0) is 6.54 Å². The van der Waals surface area contributed by atoms with E-state index < -0.39 is 0 Å². The summed E-state index contributed by atoms with van der Waals surface area (Å²) >= 11 is 9.40. The zero-order valence-corrected chi connectivity index (χ0v) is 13.0. The SMILES string of the molecule is CCOc1ccc(CNc2ccc(Cl)cc2Br)cc1. The molecule has 0 aromatic heterocycles. The number of hydrogen-bond acceptors (Lipinski definition) is 2. The summed E-state index contributed by atoms with van der Waals surface area (Å²) in [5, 5.41) is 4.08. The Hall–Kier alpha value is -1.19. The van der Waals surface area contributed by atoms with E-state index in [9.17, 15) is 0 Å². The summed E-state index contributed by atoms with van der Waals surface area (Å²) in [5.74, 6) is 0.902. The second kappa shape index (κ2) is 6.83. The van der Waals surface area contributed by atoms with E-state index in [0.29, 0.717) is 6.61 Å². The minimum absolute atomic E-state index is 0.690. The predicted octanol–water partition coefficient (Wildman–Crippen LogP) is 5.11. The molecule has 0 atom stereocenters. The lowest BCUT2D eigenvalue weighted by molar-refractivity contribution is 0.340. The quantitative estimate of drug-likeness (QED) is 0.816. The topological polar surface area (TPSA) is 21.3 Å². The van der Waals surface area contributed by atoms with E-state index in [0.717, 1.165) is 27.5 Å². The van der Waals surface area contributed by atoms with Crippen molar-refractivity contribution < 1.29 is 4.74 Å². The highest BCUT2D eigenvalue weighted by Gasteiger charge is 2.01. The molecular weight excluding hydrogens is 326 g/mol. The Morgan fingerprint density at radius 1 is 1.16 bits per heavy atom. The lowest BCUT2D eigenvalue weighted by atomic mass is 10.2. The highest BCUT2D eigenvalue weighted by molar-refractivity contribution is 9.10. The minimum Gasteiger partial charge on any atom is -0.494 e. The number of ether oxygens (including phenoxy) is 1. The molecular formula is C15H15BrClNO. The highest BCUT2D eigenvalue weighted by atomic mass is 79.9. The van der Waals surface area contributed by atoms with Gasteiger partial charge in [0.15, 0.2) is 0 Å². The Balaban J connectivity index is 1.98. The molecule has 2 nitrogen and oxygen atoms in total. The van der Waals surface area contributed by atoms with Crippen molar-refractivity contribution in [1.29, 1.82) is 0 Å². The van der Waals surface area contributed by atoms with Gasteiger partial charge in [0, 0.05) is 21.7 Å². The van der Waals surface area contributed by atoms with E-state index in [4.69, 9.17) is 16.3 Å². The average Bonchev–Trinajstić information content (AvgIpc) is 2.40. The van der Waals surface area contributed by atoms with Crippen molar-refractivity contribution in [1.82, 2.24) is 0 Å². The Labute approximate surface area is 126 Å². The summed E-state index contributed by atoms with van der Waals surface area (Å²) in [4.78, 5) is 0. The molecule has 100 valence electrons. The first-order chi connectivity index (χ1) is 9.19. The molecule has 0 spiro atoms. The predicted molar refractivity (Wildman–Crippen MR) is 84.1 cm³/mol. The second-order valence-electron chi connectivity index (χ2n) is 4.05. The van der Waals surface area contributed by atoms with Crippen molar-refractivity contribution in [3.8, 4) is 5.75 Å². The van der Waals surface area contributed by atoms with Gasteiger partial charge in [-0.25, -0.2) is 0 Å². The number of benzene rings is 2. The summed E-state index contributed by atoms with van der Waals surface area (Å²) in [6, 6.07) is 13.8. The third-order valence-electron chi connectivity index (χ3n) is 2.65. The van der Waals surface area contributed by atoms with Crippen LogP contribution in [0.4, 0.5) is 5.69 Å². The number of rotatable bonds is 5. The fraction of sp³-hybridized carbons (Fsp3) is 0.200. The summed E-state index contributed by atoms with van der Waals surface area (Å²) in [5.41, 5.74) is 2.23. The van der Waals surface area contributed by atoms with E-state index in [-0.39, 0.29) is 0 Å². The van der Waals surface area contributed by atoms with Crippen LogP contribution >= 0.6 is 27.5 Å². The molecule has 0 aliphatic rings. The molecule has 0 fully saturated rings. The van der Waals surface area contributed by atoms with E-state index in [1.807, 2.05) is 37.3 Å². The van der Waals surface area contributed by atoms with Crippen LogP contribution in [0.1, 0.15) is 12.5 Å². The normalized spacial score (nSPS) is 10.3. The smallest absolute Gasteiger partial charge is 0.119 e. The molecule has 2 aromatic carbocycles. The summed E-state index contributed by atoms with van der Waals surface area (Å²) in [6.45, 7) is 3.43. The van der Waals surface area contributed by atoms with Crippen molar-refractivity contribution in [3.05, 3.63) is 57.5 Å². The van der Waals surface area contributed by atoms with Gasteiger partial charge in [0.2, 0.25) is 0 Å². The molecule has 0 amide bonds. The Morgan fingerprint density at radius 2 is 1.89 bits per heavy atom. The van der Waals surface area contributed by atoms with Gasteiger partial charge < -0.3 is 10.1 Å². The van der Waals surface area contributed by atoms with Gasteiger partial charge >= 0.3 is 0 Å². The first-order valence-corrected chi connectivity index (χ1v) is 7.27. The van der Waals surface area contributed by atoms with E-state index >= 15 is 0 Å². The van der Waals surface area contributed by atoms with E-state index in [1.54, 1.807) is 0 Å². The molecule has 19 heavy (non-hydrogen) atoms. The molecule has 2 rings (SSSR count). The minimum atomic E-state index is 0.690. The van der Waals surface area contributed by atoms with Gasteiger partial charge in [-0.05, 0) is 58.7 Å². The Bertz CT molecular complexity index is 542. The second-order valence-corrected chi connectivity index (χ2v) is 5.35. The van der Waals surface area contributed by atoms with E-state index in [2.05, 4.69) is 33.4 Å². The maximum atomic E-state index is 5.91. The molecule has 0 heterocycles. The summed E-state index contributed by atoms with van der Waals surface area (Å²) in [7, 11) is 0. The highest BCUT2D eigenvalue weighted by Crippen LogP contribution is 2.26. The van der Waals surface area contributed by atoms with Crippen LogP contribution in [0.2, 0.25) is 5.02 Å². The van der Waals surface area contributed by atoms with Crippen LogP contribution in [0, 0.1) is 0 Å². The van der Waals surface area contributed by atoms with Gasteiger partial charge in [0.25, 0.3) is 0 Å². The van der Waals surface area contributed by atoms with Crippen molar-refractivity contribution >= 4 is 33.2 Å². The Kier molecular flexibility index (Phi) is 5.11. The molecule has 0 saturated heterocycles. The number of anilines is 1. The number of halogens is 2. The molecule has 0 unspecified atom stereocenters. The van der Waals surface area contributed by atoms with Crippen LogP contribution in [-0.4, -0.2) is 6.61 Å². The van der Waals surface area contributed by atoms with Gasteiger partial charge in [0.05, 0.1) is 6.61 Å². The zero-order valence-electron chi connectivity index (χ0n) is 10.6. The van der Waals surface area contributed by atoms with Crippen LogP contribution in [0.3, 0.4) is 0 Å². The lowest BCUT2D eigenvalue weighted by Crippen LogP contribution is -2.00. The maximum Gasteiger partial charge on any atom is 0.119 e. The molecule has 0 radical (unpaired) electrons. The molecule has 4 heteroatoms. The average molecular weight is 341 g/mol. The van der Waals surface area contributed by atoms with Crippen molar-refractivity contribution in [2.24, 2.45) is 0 Å². The number of nitrogens with one attached hydrogen (secondary N) is 1. The van der Waals surface area contributed by atoms with Crippen LogP contribution < -0.4 is 10.1 Å². The van der Waals surface area contributed by atoms with Gasteiger partial charge in [-0.3, -0.25) is 0 Å². The van der Waals surface area contributed by atoms with E-state index in [1.165, 1.54) is 5.56 Å². The van der Waals surface area contributed by atoms with Gasteiger partial charge in [-0.1, -0.05) is 23.7 Å². The van der Waals surface area contributed by atoms with Crippen molar-refractivity contribution in [2.75, 3.05) is 11.9 Å². The molecule has 0 aliphatic heterocycles. The monoisotopic (exact) mass is 339 g/mol. The summed E-state index contributed by atoms with van der Waals surface area (Å²) < 4.78 is 6.38. The van der Waals surface area contributed by atoms with Crippen LogP contribution in [0.25, 0.3) is 0 Å². The molecule has 0 saturated carbocycles. The fourth-order valence-corrected chi connectivity index (χ4v) is 2.52. The zero-order chi connectivity index (χ0) is 13.7. The van der Waals surface area contributed by atoms with Gasteiger partial charge in [0.1, 0.15) is 5.75 Å². The van der Waals surface area contributed by atoms with Crippen LogP contribution in [0.15, 0.2) is 46.9 Å². The third kappa shape index (κ3) is 4.15.